The Hall–Kier alpha value is -0.940. The Morgan fingerprint density at radius 3 is 2.45 bits per heavy atom. The summed E-state index contributed by atoms with van der Waals surface area (Å²) in [6.07, 6.45) is -1.11. The van der Waals surface area contributed by atoms with E-state index in [-0.39, 0.29) is 6.42 Å². The summed E-state index contributed by atoms with van der Waals surface area (Å²) in [5.74, 6) is -2.07. The lowest BCUT2D eigenvalue weighted by molar-refractivity contribution is -0.167. The van der Waals surface area contributed by atoms with Gasteiger partial charge in [0.15, 0.2) is 6.10 Å². The molecule has 64 valence electrons. The first-order valence-electron chi connectivity index (χ1n) is 3.15. The van der Waals surface area contributed by atoms with Crippen LogP contribution in [0.15, 0.2) is 0 Å². The van der Waals surface area contributed by atoms with Crippen LogP contribution >= 0.6 is 0 Å². The summed E-state index contributed by atoms with van der Waals surface area (Å²) in [5, 5.41) is 16.9. The van der Waals surface area contributed by atoms with Gasteiger partial charge in [0, 0.05) is 0 Å². The normalized spacial score (nSPS) is 12.3. The third-order valence-electron chi connectivity index (χ3n) is 1.00. The van der Waals surface area contributed by atoms with Crippen molar-refractivity contribution < 1.29 is 24.5 Å². The molecule has 0 saturated carbocycles. The van der Waals surface area contributed by atoms with Crippen LogP contribution in [0.4, 0.5) is 0 Å². The largest absolute Gasteiger partial charge is 0.389 e. The van der Waals surface area contributed by atoms with E-state index in [1.807, 2.05) is 0 Å². The van der Waals surface area contributed by atoms with Crippen molar-refractivity contribution in [2.75, 3.05) is 6.61 Å². The molecule has 1 unspecified atom stereocenters. The van der Waals surface area contributed by atoms with E-state index in [0.717, 1.165) is 0 Å². The second kappa shape index (κ2) is 4.81. The van der Waals surface area contributed by atoms with Crippen LogP contribution in [0, 0.1) is 0 Å². The molecule has 5 heteroatoms. The molecule has 5 nitrogen and oxygen atoms in total. The van der Waals surface area contributed by atoms with E-state index in [2.05, 4.69) is 4.74 Å². The number of esters is 2. The van der Waals surface area contributed by atoms with Crippen LogP contribution in [0.5, 0.6) is 0 Å². The maximum atomic E-state index is 10.5. The lowest BCUT2D eigenvalue weighted by Gasteiger charge is -2.04. The van der Waals surface area contributed by atoms with Gasteiger partial charge < -0.3 is 14.9 Å². The second-order valence-electron chi connectivity index (χ2n) is 1.88. The number of carbonyl (C=O) groups excluding carboxylic acids is 2. The van der Waals surface area contributed by atoms with Gasteiger partial charge in [0.1, 0.15) is 6.61 Å². The molecule has 0 rings (SSSR count). The van der Waals surface area contributed by atoms with Crippen molar-refractivity contribution in [2.24, 2.45) is 0 Å². The Morgan fingerprint density at radius 1 is 1.55 bits per heavy atom. The zero-order valence-electron chi connectivity index (χ0n) is 6.11. The molecule has 0 radical (unpaired) electrons. The van der Waals surface area contributed by atoms with Crippen molar-refractivity contribution in [3.63, 3.8) is 0 Å². The molecule has 0 fully saturated rings. The molecule has 1 atom stereocenters. The minimum Gasteiger partial charge on any atom is -0.389 e. The Bertz CT molecular complexity index is 153. The summed E-state index contributed by atoms with van der Waals surface area (Å²) in [6, 6.07) is 0. The van der Waals surface area contributed by atoms with Gasteiger partial charge in [-0.3, -0.25) is 0 Å². The predicted molar refractivity (Wildman–Crippen MR) is 34.5 cm³/mol. The van der Waals surface area contributed by atoms with Crippen LogP contribution in [-0.4, -0.2) is 34.9 Å². The molecular weight excluding hydrogens is 152 g/mol. The van der Waals surface area contributed by atoms with Crippen LogP contribution in [-0.2, 0) is 14.3 Å². The smallest absolute Gasteiger partial charge is 0.342 e. The highest BCUT2D eigenvalue weighted by Gasteiger charge is 2.17. The van der Waals surface area contributed by atoms with Crippen LogP contribution in [0.3, 0.4) is 0 Å². The number of carbonyl (C=O) groups is 2. The zero-order valence-corrected chi connectivity index (χ0v) is 6.11. The zero-order chi connectivity index (χ0) is 8.85. The first-order chi connectivity index (χ1) is 5.11. The molecule has 0 bridgehead atoms. The van der Waals surface area contributed by atoms with Crippen molar-refractivity contribution >= 4 is 11.9 Å². The molecule has 0 saturated heterocycles. The van der Waals surface area contributed by atoms with E-state index in [1.165, 1.54) is 0 Å². The number of hydrogen-bond acceptors (Lipinski definition) is 5. The van der Waals surface area contributed by atoms with Gasteiger partial charge in [0.25, 0.3) is 0 Å². The lowest BCUT2D eigenvalue weighted by atomic mass is 10.3. The predicted octanol–water partition coefficient (Wildman–Crippen LogP) is -1.18. The molecular formula is C6H10O5. The number of aliphatic hydroxyl groups excluding tert-OH is 2. The quantitative estimate of drug-likeness (QED) is 0.403. The third kappa shape index (κ3) is 3.69. The number of aliphatic hydroxyl groups is 2. The Labute approximate surface area is 63.6 Å². The first-order valence-corrected chi connectivity index (χ1v) is 3.15. The molecule has 0 aromatic heterocycles. The van der Waals surface area contributed by atoms with Gasteiger partial charge in [-0.1, -0.05) is 6.92 Å². The van der Waals surface area contributed by atoms with Gasteiger partial charge >= 0.3 is 11.9 Å². The van der Waals surface area contributed by atoms with Crippen LogP contribution in [0.1, 0.15) is 13.3 Å². The van der Waals surface area contributed by atoms with Gasteiger partial charge in [-0.05, 0) is 6.42 Å². The minimum absolute atomic E-state index is 0.178. The number of ether oxygens (including phenoxy) is 1. The molecule has 0 aliphatic carbocycles. The van der Waals surface area contributed by atoms with Gasteiger partial charge in [0.2, 0.25) is 0 Å². The van der Waals surface area contributed by atoms with Gasteiger partial charge in [-0.25, -0.2) is 9.59 Å². The molecule has 0 heterocycles. The van der Waals surface area contributed by atoms with Crippen LogP contribution in [0.25, 0.3) is 0 Å². The summed E-state index contributed by atoms with van der Waals surface area (Å²) in [4.78, 5) is 20.8. The molecule has 11 heavy (non-hydrogen) atoms. The molecule has 0 aliphatic rings. The maximum Gasteiger partial charge on any atom is 0.342 e. The number of hydrogen-bond donors (Lipinski definition) is 2. The van der Waals surface area contributed by atoms with E-state index >= 15 is 0 Å². The third-order valence-corrected chi connectivity index (χ3v) is 1.00. The fourth-order valence-electron chi connectivity index (χ4n) is 0.379. The number of rotatable bonds is 3. The summed E-state index contributed by atoms with van der Waals surface area (Å²) in [5.41, 5.74) is 0. The first kappa shape index (κ1) is 10.1. The van der Waals surface area contributed by atoms with Crippen molar-refractivity contribution in [3.8, 4) is 0 Å². The second-order valence-corrected chi connectivity index (χ2v) is 1.88. The van der Waals surface area contributed by atoms with Crippen LogP contribution in [0.2, 0.25) is 0 Å². The van der Waals surface area contributed by atoms with Crippen molar-refractivity contribution in [2.45, 2.75) is 19.4 Å². The SMILES string of the molecule is CCC(O)C(=O)OC(=O)CO. The van der Waals surface area contributed by atoms with Crippen molar-refractivity contribution in [1.29, 1.82) is 0 Å². The van der Waals surface area contributed by atoms with Crippen molar-refractivity contribution in [1.82, 2.24) is 0 Å². The monoisotopic (exact) mass is 162 g/mol. The standard InChI is InChI=1S/C6H10O5/c1-2-4(8)6(10)11-5(9)3-7/h4,7-8H,2-3H2,1H3. The maximum absolute atomic E-state index is 10.5. The Balaban J connectivity index is 3.77. The average Bonchev–Trinajstić information content (AvgIpc) is 2.02. The fraction of sp³-hybridized carbons (Fsp3) is 0.667. The molecule has 2 N–H and O–H groups in total. The molecule has 0 spiro atoms. The summed E-state index contributed by atoms with van der Waals surface area (Å²) < 4.78 is 3.97. The van der Waals surface area contributed by atoms with Gasteiger partial charge in [-0.2, -0.15) is 0 Å². The van der Waals surface area contributed by atoms with E-state index < -0.39 is 24.6 Å². The highest BCUT2D eigenvalue weighted by atomic mass is 16.6. The lowest BCUT2D eigenvalue weighted by Crippen LogP contribution is -2.26. The summed E-state index contributed by atoms with van der Waals surface area (Å²) >= 11 is 0. The fourth-order valence-corrected chi connectivity index (χ4v) is 0.379. The van der Waals surface area contributed by atoms with E-state index in [0.29, 0.717) is 0 Å². The topological polar surface area (TPSA) is 83.8 Å². The Morgan fingerprint density at radius 2 is 2.09 bits per heavy atom. The molecule has 0 aromatic rings. The molecule has 0 aliphatic heterocycles. The van der Waals surface area contributed by atoms with Gasteiger partial charge in [-0.15, -0.1) is 0 Å². The molecule has 0 aromatic carbocycles. The van der Waals surface area contributed by atoms with E-state index in [1.54, 1.807) is 6.92 Å². The van der Waals surface area contributed by atoms with Crippen molar-refractivity contribution in [3.05, 3.63) is 0 Å². The van der Waals surface area contributed by atoms with Crippen LogP contribution < -0.4 is 0 Å². The van der Waals surface area contributed by atoms with Gasteiger partial charge in [0.05, 0.1) is 0 Å². The highest BCUT2D eigenvalue weighted by Crippen LogP contribution is 1.93. The minimum atomic E-state index is -1.29. The Kier molecular flexibility index (Phi) is 4.40. The van der Waals surface area contributed by atoms with E-state index in [4.69, 9.17) is 10.2 Å². The molecule has 0 amide bonds. The highest BCUT2D eigenvalue weighted by molar-refractivity contribution is 5.88. The summed E-state index contributed by atoms with van der Waals surface area (Å²) in [6.45, 7) is 0.706. The summed E-state index contributed by atoms with van der Waals surface area (Å²) in [7, 11) is 0. The average molecular weight is 162 g/mol. The van der Waals surface area contributed by atoms with E-state index in [9.17, 15) is 9.59 Å².